The van der Waals surface area contributed by atoms with Gasteiger partial charge in [-0.05, 0) is 26.0 Å². The van der Waals surface area contributed by atoms with Gasteiger partial charge in [0.05, 0.1) is 5.56 Å². The highest BCUT2D eigenvalue weighted by Gasteiger charge is 2.15. The molecule has 4 nitrogen and oxygen atoms in total. The minimum atomic E-state index is -0.139. The number of aromatic nitrogens is 1. The zero-order chi connectivity index (χ0) is 12.8. The number of nitriles is 1. The first-order valence-corrected chi connectivity index (χ1v) is 5.38. The lowest BCUT2D eigenvalue weighted by Crippen LogP contribution is -2.32. The first kappa shape index (κ1) is 12.9. The third-order valence-electron chi connectivity index (χ3n) is 2.24. The maximum Gasteiger partial charge on any atom is 0.272 e. The third kappa shape index (κ3) is 3.42. The molecule has 0 saturated carbocycles. The Kier molecular flexibility index (Phi) is 4.41. The van der Waals surface area contributed by atoms with Gasteiger partial charge in [-0.1, -0.05) is 12.2 Å². The average molecular weight is 229 g/mol. The Morgan fingerprint density at radius 1 is 1.59 bits per heavy atom. The van der Waals surface area contributed by atoms with E-state index in [2.05, 4.69) is 11.6 Å². The van der Waals surface area contributed by atoms with E-state index in [0.29, 0.717) is 24.3 Å². The quantitative estimate of drug-likeness (QED) is 0.742. The van der Waals surface area contributed by atoms with E-state index in [0.717, 1.165) is 5.57 Å². The van der Waals surface area contributed by atoms with E-state index in [1.807, 2.05) is 19.9 Å². The van der Waals surface area contributed by atoms with Crippen LogP contribution in [-0.2, 0) is 0 Å². The molecule has 0 radical (unpaired) electrons. The SMILES string of the molecule is C=C(C)CN(CC)C(=O)c1ccc(C#N)cn1. The summed E-state index contributed by atoms with van der Waals surface area (Å²) in [5.41, 5.74) is 1.73. The summed E-state index contributed by atoms with van der Waals surface area (Å²) in [6.07, 6.45) is 1.40. The first-order chi connectivity index (χ1) is 8.08. The normalized spacial score (nSPS) is 9.47. The number of hydrogen-bond acceptors (Lipinski definition) is 3. The molecule has 1 heterocycles. The van der Waals surface area contributed by atoms with Crippen molar-refractivity contribution in [3.63, 3.8) is 0 Å². The van der Waals surface area contributed by atoms with Gasteiger partial charge < -0.3 is 4.90 Å². The predicted octanol–water partition coefficient (Wildman–Crippen LogP) is 1.99. The van der Waals surface area contributed by atoms with Crippen molar-refractivity contribution < 1.29 is 4.79 Å². The Labute approximate surface area is 101 Å². The molecule has 1 aromatic heterocycles. The van der Waals surface area contributed by atoms with Crippen LogP contribution in [0.25, 0.3) is 0 Å². The lowest BCUT2D eigenvalue weighted by Gasteiger charge is -2.20. The van der Waals surface area contributed by atoms with E-state index in [4.69, 9.17) is 5.26 Å². The van der Waals surface area contributed by atoms with Gasteiger partial charge in [-0.25, -0.2) is 4.98 Å². The van der Waals surface area contributed by atoms with Gasteiger partial charge in [0.1, 0.15) is 11.8 Å². The second kappa shape index (κ2) is 5.80. The van der Waals surface area contributed by atoms with Crippen molar-refractivity contribution in [2.75, 3.05) is 13.1 Å². The molecule has 4 heteroatoms. The van der Waals surface area contributed by atoms with Gasteiger partial charge in [0.2, 0.25) is 0 Å². The molecule has 0 N–H and O–H groups in total. The van der Waals surface area contributed by atoms with Crippen LogP contribution < -0.4 is 0 Å². The van der Waals surface area contributed by atoms with E-state index in [1.165, 1.54) is 6.20 Å². The molecule has 1 rings (SSSR count). The van der Waals surface area contributed by atoms with Gasteiger partial charge >= 0.3 is 0 Å². The summed E-state index contributed by atoms with van der Waals surface area (Å²) >= 11 is 0. The van der Waals surface area contributed by atoms with Crippen molar-refractivity contribution in [3.05, 3.63) is 41.7 Å². The average Bonchev–Trinajstić information content (AvgIpc) is 2.35. The van der Waals surface area contributed by atoms with E-state index in [1.54, 1.807) is 17.0 Å². The highest BCUT2D eigenvalue weighted by atomic mass is 16.2. The van der Waals surface area contributed by atoms with Gasteiger partial charge in [-0.15, -0.1) is 0 Å². The molecular formula is C13H15N3O. The number of carbonyl (C=O) groups excluding carboxylic acids is 1. The predicted molar refractivity (Wildman–Crippen MR) is 65.3 cm³/mol. The topological polar surface area (TPSA) is 57.0 Å². The van der Waals surface area contributed by atoms with Crippen LogP contribution in [0, 0.1) is 11.3 Å². The van der Waals surface area contributed by atoms with Crippen LogP contribution in [0.4, 0.5) is 0 Å². The van der Waals surface area contributed by atoms with Gasteiger partial charge in [0.25, 0.3) is 5.91 Å². The van der Waals surface area contributed by atoms with Crippen LogP contribution in [0.15, 0.2) is 30.5 Å². The van der Waals surface area contributed by atoms with Crippen LogP contribution in [0.1, 0.15) is 29.9 Å². The van der Waals surface area contributed by atoms with E-state index in [-0.39, 0.29) is 5.91 Å². The highest BCUT2D eigenvalue weighted by Crippen LogP contribution is 2.05. The molecule has 0 aliphatic rings. The Bertz CT molecular complexity index is 457. The zero-order valence-corrected chi connectivity index (χ0v) is 10.1. The van der Waals surface area contributed by atoms with E-state index < -0.39 is 0 Å². The summed E-state index contributed by atoms with van der Waals surface area (Å²) in [6, 6.07) is 5.13. The Balaban J connectivity index is 2.86. The van der Waals surface area contributed by atoms with Gasteiger partial charge in [-0.3, -0.25) is 4.79 Å². The largest absolute Gasteiger partial charge is 0.334 e. The highest BCUT2D eigenvalue weighted by molar-refractivity contribution is 5.92. The number of likely N-dealkylation sites (N-methyl/N-ethyl adjacent to an activating group) is 1. The van der Waals surface area contributed by atoms with Crippen molar-refractivity contribution in [1.29, 1.82) is 5.26 Å². The molecule has 17 heavy (non-hydrogen) atoms. The molecule has 0 saturated heterocycles. The maximum absolute atomic E-state index is 12.1. The monoisotopic (exact) mass is 229 g/mol. The fourth-order valence-corrected chi connectivity index (χ4v) is 1.40. The zero-order valence-electron chi connectivity index (χ0n) is 10.1. The number of amides is 1. The van der Waals surface area contributed by atoms with Crippen LogP contribution in [-0.4, -0.2) is 28.9 Å². The van der Waals surface area contributed by atoms with Gasteiger partial charge in [-0.2, -0.15) is 5.26 Å². The standard InChI is InChI=1S/C13H15N3O/c1-4-16(9-10(2)3)13(17)12-6-5-11(7-14)8-15-12/h5-6,8H,2,4,9H2,1,3H3. The molecule has 88 valence electrons. The number of carbonyl (C=O) groups is 1. The Hall–Kier alpha value is -2.15. The van der Waals surface area contributed by atoms with E-state index in [9.17, 15) is 4.79 Å². The van der Waals surface area contributed by atoms with Crippen molar-refractivity contribution in [2.24, 2.45) is 0 Å². The molecule has 0 aliphatic heterocycles. The summed E-state index contributed by atoms with van der Waals surface area (Å²) in [6.45, 7) is 8.70. The number of hydrogen-bond donors (Lipinski definition) is 0. The summed E-state index contributed by atoms with van der Waals surface area (Å²) in [7, 11) is 0. The molecule has 0 atom stereocenters. The second-order valence-corrected chi connectivity index (χ2v) is 3.82. The smallest absolute Gasteiger partial charge is 0.272 e. The minimum Gasteiger partial charge on any atom is -0.334 e. The fourth-order valence-electron chi connectivity index (χ4n) is 1.40. The lowest BCUT2D eigenvalue weighted by molar-refractivity contribution is 0.0772. The van der Waals surface area contributed by atoms with Gasteiger partial charge in [0.15, 0.2) is 0 Å². The molecule has 0 fully saturated rings. The molecule has 1 amide bonds. The van der Waals surface area contributed by atoms with Crippen molar-refractivity contribution >= 4 is 5.91 Å². The third-order valence-corrected chi connectivity index (χ3v) is 2.24. The van der Waals surface area contributed by atoms with Crippen LogP contribution in [0.5, 0.6) is 0 Å². The second-order valence-electron chi connectivity index (χ2n) is 3.82. The number of pyridine rings is 1. The lowest BCUT2D eigenvalue weighted by atomic mass is 10.2. The summed E-state index contributed by atoms with van der Waals surface area (Å²) in [5.74, 6) is -0.139. The molecule has 0 spiro atoms. The Morgan fingerprint density at radius 3 is 2.71 bits per heavy atom. The van der Waals surface area contributed by atoms with Crippen molar-refractivity contribution in [3.8, 4) is 6.07 Å². The maximum atomic E-state index is 12.1. The molecule has 0 unspecified atom stereocenters. The van der Waals surface area contributed by atoms with Crippen LogP contribution in [0.3, 0.4) is 0 Å². The van der Waals surface area contributed by atoms with Crippen LogP contribution in [0.2, 0.25) is 0 Å². The summed E-state index contributed by atoms with van der Waals surface area (Å²) < 4.78 is 0. The van der Waals surface area contributed by atoms with Gasteiger partial charge in [0, 0.05) is 19.3 Å². The summed E-state index contributed by atoms with van der Waals surface area (Å²) in [5, 5.41) is 8.64. The summed E-state index contributed by atoms with van der Waals surface area (Å²) in [4.78, 5) is 17.7. The number of nitrogens with zero attached hydrogens (tertiary/aromatic N) is 3. The molecule has 0 aliphatic carbocycles. The first-order valence-electron chi connectivity index (χ1n) is 5.38. The van der Waals surface area contributed by atoms with E-state index >= 15 is 0 Å². The minimum absolute atomic E-state index is 0.139. The molecule has 1 aromatic rings. The molecular weight excluding hydrogens is 214 g/mol. The van der Waals surface area contributed by atoms with Crippen LogP contribution >= 0.6 is 0 Å². The molecule has 0 bridgehead atoms. The molecule has 0 aromatic carbocycles. The Morgan fingerprint density at radius 2 is 2.29 bits per heavy atom. The van der Waals surface area contributed by atoms with Crippen molar-refractivity contribution in [2.45, 2.75) is 13.8 Å². The fraction of sp³-hybridized carbons (Fsp3) is 0.308. The van der Waals surface area contributed by atoms with Crippen molar-refractivity contribution in [1.82, 2.24) is 9.88 Å². The number of rotatable bonds is 4.